The summed E-state index contributed by atoms with van der Waals surface area (Å²) in [5.41, 5.74) is -0.631. The summed E-state index contributed by atoms with van der Waals surface area (Å²) in [6.45, 7) is 0. The molecule has 0 amide bonds. The Hall–Kier alpha value is -2.29. The van der Waals surface area contributed by atoms with E-state index in [0.717, 1.165) is 12.1 Å². The Morgan fingerprint density at radius 3 is 2.73 bits per heavy atom. The molecule has 114 valence electrons. The normalized spacial score (nSPS) is 12.0. The number of thiol groups is 1. The van der Waals surface area contributed by atoms with Crippen molar-refractivity contribution in [2.24, 2.45) is 7.05 Å². The van der Waals surface area contributed by atoms with Gasteiger partial charge in [0.25, 0.3) is 5.56 Å². The number of alkyl halides is 3. The molecular weight excluding hydrogens is 317 g/mol. The fourth-order valence-corrected chi connectivity index (χ4v) is 2.15. The van der Waals surface area contributed by atoms with Crippen LogP contribution in [0.25, 0.3) is 16.9 Å². The molecule has 0 unspecified atom stereocenters. The van der Waals surface area contributed by atoms with Crippen LogP contribution in [0.5, 0.6) is 0 Å². The van der Waals surface area contributed by atoms with Crippen molar-refractivity contribution in [3.05, 3.63) is 46.6 Å². The lowest BCUT2D eigenvalue weighted by Gasteiger charge is -2.05. The number of imidazole rings is 1. The molecule has 22 heavy (non-hydrogen) atoms. The van der Waals surface area contributed by atoms with E-state index in [0.29, 0.717) is 0 Å². The minimum Gasteiger partial charge on any atom is -0.306 e. The fourth-order valence-electron chi connectivity index (χ4n) is 2.00. The third-order valence-corrected chi connectivity index (χ3v) is 3.62. The summed E-state index contributed by atoms with van der Waals surface area (Å²) in [6, 6.07) is 1.88. The lowest BCUT2D eigenvalue weighted by Crippen LogP contribution is -2.20. The summed E-state index contributed by atoms with van der Waals surface area (Å²) in [4.78, 5) is 20.2. The van der Waals surface area contributed by atoms with Crippen molar-refractivity contribution in [3.63, 3.8) is 0 Å². The van der Waals surface area contributed by atoms with Gasteiger partial charge in [0, 0.05) is 25.6 Å². The highest BCUT2D eigenvalue weighted by Gasteiger charge is 2.30. The van der Waals surface area contributed by atoms with Crippen LogP contribution in [0.4, 0.5) is 13.2 Å². The van der Waals surface area contributed by atoms with Gasteiger partial charge in [0.05, 0.1) is 16.8 Å². The van der Waals surface area contributed by atoms with Crippen molar-refractivity contribution in [2.75, 3.05) is 0 Å². The van der Waals surface area contributed by atoms with E-state index in [9.17, 15) is 18.0 Å². The quantitative estimate of drug-likeness (QED) is 0.552. The molecule has 0 aliphatic rings. The summed E-state index contributed by atoms with van der Waals surface area (Å²) in [6.07, 6.45) is -0.415. The molecule has 0 aliphatic heterocycles. The lowest BCUT2D eigenvalue weighted by atomic mass is 10.2. The number of hydrogen-bond acceptors (Lipinski definition) is 4. The largest absolute Gasteiger partial charge is 0.416 e. The molecule has 0 spiro atoms. The molecule has 0 atom stereocenters. The summed E-state index contributed by atoms with van der Waals surface area (Å²) in [7, 11) is 1.50. The Bertz CT molecular complexity index is 929. The predicted octanol–water partition coefficient (Wildman–Crippen LogP) is 2.40. The van der Waals surface area contributed by atoms with Crippen molar-refractivity contribution in [2.45, 2.75) is 11.3 Å². The van der Waals surface area contributed by atoms with Gasteiger partial charge in [0.2, 0.25) is 0 Å². The molecule has 3 aromatic heterocycles. The molecule has 0 saturated carbocycles. The minimum atomic E-state index is -4.45. The van der Waals surface area contributed by atoms with Gasteiger partial charge in [-0.25, -0.2) is 9.97 Å². The molecular formula is C13H9F3N4OS. The number of pyridine rings is 1. The second kappa shape index (κ2) is 4.87. The summed E-state index contributed by atoms with van der Waals surface area (Å²) in [5.74, 6) is 0. The van der Waals surface area contributed by atoms with E-state index in [1.54, 1.807) is 0 Å². The van der Waals surface area contributed by atoms with E-state index in [-0.39, 0.29) is 27.6 Å². The van der Waals surface area contributed by atoms with Crippen molar-refractivity contribution < 1.29 is 13.2 Å². The Balaban J connectivity index is 2.18. The second-order valence-electron chi connectivity index (χ2n) is 4.64. The molecule has 3 aromatic rings. The highest BCUT2D eigenvalue weighted by Crippen LogP contribution is 2.30. The maximum Gasteiger partial charge on any atom is 0.416 e. The second-order valence-corrected chi connectivity index (χ2v) is 5.04. The molecule has 9 heteroatoms. The molecule has 0 N–H and O–H groups in total. The molecule has 3 rings (SSSR count). The van der Waals surface area contributed by atoms with Gasteiger partial charge in [-0.05, 0) is 12.1 Å². The van der Waals surface area contributed by atoms with Crippen LogP contribution >= 0.6 is 12.6 Å². The summed E-state index contributed by atoms with van der Waals surface area (Å²) in [5, 5.41) is 0.233. The molecule has 5 nitrogen and oxygen atoms in total. The molecule has 0 fully saturated rings. The third-order valence-electron chi connectivity index (χ3n) is 3.21. The van der Waals surface area contributed by atoms with E-state index in [1.807, 2.05) is 0 Å². The van der Waals surface area contributed by atoms with Gasteiger partial charge in [-0.1, -0.05) is 0 Å². The zero-order chi connectivity index (χ0) is 16.1. The zero-order valence-electron chi connectivity index (χ0n) is 11.2. The average Bonchev–Trinajstić information content (AvgIpc) is 2.86. The van der Waals surface area contributed by atoms with Gasteiger partial charge >= 0.3 is 6.18 Å². The Kier molecular flexibility index (Phi) is 3.24. The number of fused-ring (bicyclic) bond motifs is 1. The zero-order valence-corrected chi connectivity index (χ0v) is 12.1. The van der Waals surface area contributed by atoms with Crippen LogP contribution in [0, 0.1) is 0 Å². The van der Waals surface area contributed by atoms with E-state index < -0.39 is 11.7 Å². The molecule has 3 heterocycles. The van der Waals surface area contributed by atoms with Gasteiger partial charge in [-0.2, -0.15) is 13.2 Å². The van der Waals surface area contributed by atoms with Crippen molar-refractivity contribution in [3.8, 4) is 11.3 Å². The van der Waals surface area contributed by atoms with Gasteiger partial charge < -0.3 is 4.40 Å². The van der Waals surface area contributed by atoms with E-state index >= 15 is 0 Å². The van der Waals surface area contributed by atoms with Crippen LogP contribution in [-0.2, 0) is 13.2 Å². The SMILES string of the molecule is Cn1c(S)ncc(-c2cn3ccc(C(F)(F)F)cc3n2)c1=O. The number of rotatable bonds is 1. The van der Waals surface area contributed by atoms with E-state index in [1.165, 1.54) is 34.6 Å². The van der Waals surface area contributed by atoms with Crippen LogP contribution in [0.15, 0.2) is 40.7 Å². The highest BCUT2D eigenvalue weighted by molar-refractivity contribution is 7.80. The number of hydrogen-bond donors (Lipinski definition) is 1. The number of nitrogens with zero attached hydrogens (tertiary/aromatic N) is 4. The summed E-state index contributed by atoms with van der Waals surface area (Å²) < 4.78 is 40.7. The van der Waals surface area contributed by atoms with Gasteiger partial charge in [-0.15, -0.1) is 12.6 Å². The van der Waals surface area contributed by atoms with Gasteiger partial charge in [0.15, 0.2) is 5.16 Å². The third kappa shape index (κ3) is 2.37. The number of aromatic nitrogens is 4. The lowest BCUT2D eigenvalue weighted by molar-refractivity contribution is -0.137. The smallest absolute Gasteiger partial charge is 0.306 e. The Morgan fingerprint density at radius 1 is 1.32 bits per heavy atom. The monoisotopic (exact) mass is 326 g/mol. The number of halogens is 3. The van der Waals surface area contributed by atoms with Crippen LogP contribution in [0.2, 0.25) is 0 Å². The van der Waals surface area contributed by atoms with Gasteiger partial charge in [0.1, 0.15) is 5.65 Å². The Morgan fingerprint density at radius 2 is 2.05 bits per heavy atom. The van der Waals surface area contributed by atoms with Crippen LogP contribution in [-0.4, -0.2) is 18.9 Å². The minimum absolute atomic E-state index is 0.0989. The van der Waals surface area contributed by atoms with Gasteiger partial charge in [-0.3, -0.25) is 9.36 Å². The highest BCUT2D eigenvalue weighted by atomic mass is 32.1. The van der Waals surface area contributed by atoms with Crippen LogP contribution < -0.4 is 5.56 Å². The first kappa shape index (κ1) is 14.6. The van der Waals surface area contributed by atoms with Crippen LogP contribution in [0.3, 0.4) is 0 Å². The first-order valence-electron chi connectivity index (χ1n) is 6.08. The standard InChI is InChI=1S/C13H9F3N4OS/c1-19-11(21)8(5-17-12(19)22)9-6-20-3-2-7(13(14,15)16)4-10(20)18-9/h2-6H,1H3,(H,17,22). The average molecular weight is 326 g/mol. The molecule has 0 bridgehead atoms. The van der Waals surface area contributed by atoms with E-state index in [2.05, 4.69) is 22.6 Å². The molecule has 0 aliphatic carbocycles. The van der Waals surface area contributed by atoms with Crippen molar-refractivity contribution in [1.82, 2.24) is 18.9 Å². The molecule has 0 aromatic carbocycles. The first-order valence-corrected chi connectivity index (χ1v) is 6.53. The van der Waals surface area contributed by atoms with E-state index in [4.69, 9.17) is 0 Å². The molecule has 0 saturated heterocycles. The Labute approximate surface area is 127 Å². The predicted molar refractivity (Wildman–Crippen MR) is 75.9 cm³/mol. The maximum atomic E-state index is 12.7. The first-order chi connectivity index (χ1) is 10.3. The van der Waals surface area contributed by atoms with Crippen molar-refractivity contribution >= 4 is 18.3 Å². The topological polar surface area (TPSA) is 52.2 Å². The van der Waals surface area contributed by atoms with Crippen LogP contribution in [0.1, 0.15) is 5.56 Å². The van der Waals surface area contributed by atoms with Crippen molar-refractivity contribution in [1.29, 1.82) is 0 Å². The summed E-state index contributed by atoms with van der Waals surface area (Å²) >= 11 is 4.02. The maximum absolute atomic E-state index is 12.7. The molecule has 0 radical (unpaired) electrons. The fraction of sp³-hybridized carbons (Fsp3) is 0.154.